The molecule has 2 rings (SSSR count). The Morgan fingerprint density at radius 2 is 2.04 bits per heavy atom. The van der Waals surface area contributed by atoms with Gasteiger partial charge < -0.3 is 21.1 Å². The Balaban J connectivity index is 2.10. The number of β-amino-alcohol motifs (C(OH)–C–C–N with tert-alkyl or cyclic N) is 1. The summed E-state index contributed by atoms with van der Waals surface area (Å²) in [6, 6.07) is 5.88. The molecule has 1 fully saturated rings. The quantitative estimate of drug-likeness (QED) is 0.673. The number of nitrogens with two attached hydrogens (primary N) is 1. The summed E-state index contributed by atoms with van der Waals surface area (Å²) >= 11 is 0. The third-order valence-corrected chi connectivity index (χ3v) is 4.33. The normalized spacial score (nSPS) is 21.4. The molecule has 1 aliphatic heterocycles. The molecular weight excluding hydrogens is 310 g/mol. The number of aliphatic hydroxyl groups excluding tert-OH is 1. The summed E-state index contributed by atoms with van der Waals surface area (Å²) in [4.78, 5) is 37.1. The second kappa shape index (κ2) is 7.44. The molecular formula is C17H23N3O4. The van der Waals surface area contributed by atoms with Gasteiger partial charge >= 0.3 is 0 Å². The van der Waals surface area contributed by atoms with Crippen molar-refractivity contribution in [1.29, 1.82) is 0 Å². The van der Waals surface area contributed by atoms with Crippen LogP contribution in [0.2, 0.25) is 0 Å². The standard InChI is InChI=1S/C17H23N3O4/c1-10-5-3-4-6-12(10)7-14(16(18)23)19-17(24)15-8-13(22)9-20(15)11(2)21/h3-6,13-15,22H,7-9H2,1-2H3,(H2,18,23)(H,19,24)/t13-,14+,15+/m1/s1. The minimum atomic E-state index is -0.870. The van der Waals surface area contributed by atoms with Gasteiger partial charge in [0, 0.05) is 26.3 Å². The third kappa shape index (κ3) is 4.11. The molecule has 7 nitrogen and oxygen atoms in total. The lowest BCUT2D eigenvalue weighted by molar-refractivity contribution is -0.138. The summed E-state index contributed by atoms with van der Waals surface area (Å²) in [6.07, 6.45) is -0.308. The maximum absolute atomic E-state index is 12.5. The van der Waals surface area contributed by atoms with Crippen LogP contribution in [0.25, 0.3) is 0 Å². The molecule has 1 aliphatic rings. The number of aryl methyl sites for hydroxylation is 1. The minimum absolute atomic E-state index is 0.118. The summed E-state index contributed by atoms with van der Waals surface area (Å²) in [7, 11) is 0. The second-order valence-electron chi connectivity index (χ2n) is 6.17. The van der Waals surface area contributed by atoms with Crippen molar-refractivity contribution >= 4 is 17.7 Å². The summed E-state index contributed by atoms with van der Waals surface area (Å²) in [5, 5.41) is 12.3. The van der Waals surface area contributed by atoms with Gasteiger partial charge in [0.25, 0.3) is 0 Å². The minimum Gasteiger partial charge on any atom is -0.391 e. The number of aliphatic hydroxyl groups is 1. The smallest absolute Gasteiger partial charge is 0.243 e. The highest BCUT2D eigenvalue weighted by atomic mass is 16.3. The average molecular weight is 333 g/mol. The monoisotopic (exact) mass is 333 g/mol. The second-order valence-corrected chi connectivity index (χ2v) is 6.17. The van der Waals surface area contributed by atoms with Crippen molar-refractivity contribution in [2.75, 3.05) is 6.54 Å². The van der Waals surface area contributed by atoms with Crippen LogP contribution in [-0.2, 0) is 20.8 Å². The Kier molecular flexibility index (Phi) is 5.56. The van der Waals surface area contributed by atoms with Crippen molar-refractivity contribution in [1.82, 2.24) is 10.2 Å². The van der Waals surface area contributed by atoms with E-state index in [-0.39, 0.29) is 25.3 Å². The fourth-order valence-corrected chi connectivity index (χ4v) is 2.96. The number of amides is 3. The number of carbonyl (C=O) groups is 3. The highest BCUT2D eigenvalue weighted by Gasteiger charge is 2.38. The Hall–Kier alpha value is -2.41. The van der Waals surface area contributed by atoms with Crippen molar-refractivity contribution in [2.24, 2.45) is 5.73 Å². The van der Waals surface area contributed by atoms with Gasteiger partial charge in [0.1, 0.15) is 12.1 Å². The first-order chi connectivity index (χ1) is 11.3. The van der Waals surface area contributed by atoms with E-state index in [9.17, 15) is 19.5 Å². The first-order valence-electron chi connectivity index (χ1n) is 7.89. The van der Waals surface area contributed by atoms with Crippen LogP contribution in [0.1, 0.15) is 24.5 Å². The molecule has 0 unspecified atom stereocenters. The molecule has 3 atom stereocenters. The van der Waals surface area contributed by atoms with E-state index in [1.54, 1.807) is 0 Å². The predicted molar refractivity (Wildman–Crippen MR) is 87.8 cm³/mol. The van der Waals surface area contributed by atoms with E-state index in [1.165, 1.54) is 11.8 Å². The number of nitrogens with zero attached hydrogens (tertiary/aromatic N) is 1. The number of primary amides is 1. The molecule has 0 spiro atoms. The van der Waals surface area contributed by atoms with E-state index >= 15 is 0 Å². The third-order valence-electron chi connectivity index (χ3n) is 4.33. The zero-order valence-corrected chi connectivity index (χ0v) is 13.9. The van der Waals surface area contributed by atoms with E-state index in [1.807, 2.05) is 31.2 Å². The first kappa shape index (κ1) is 17.9. The van der Waals surface area contributed by atoms with Crippen LogP contribution in [0.5, 0.6) is 0 Å². The SMILES string of the molecule is CC(=O)N1C[C@H](O)C[C@H]1C(=O)N[C@@H](Cc1ccccc1C)C(N)=O. The van der Waals surface area contributed by atoms with Crippen molar-refractivity contribution in [3.05, 3.63) is 35.4 Å². The Morgan fingerprint density at radius 3 is 2.62 bits per heavy atom. The van der Waals surface area contributed by atoms with Crippen molar-refractivity contribution in [3.8, 4) is 0 Å². The molecule has 0 aromatic heterocycles. The molecule has 7 heteroatoms. The fraction of sp³-hybridized carbons (Fsp3) is 0.471. The average Bonchev–Trinajstić information content (AvgIpc) is 2.91. The Morgan fingerprint density at radius 1 is 1.38 bits per heavy atom. The molecule has 24 heavy (non-hydrogen) atoms. The van der Waals surface area contributed by atoms with Gasteiger partial charge in [-0.2, -0.15) is 0 Å². The number of carbonyl (C=O) groups excluding carboxylic acids is 3. The number of benzene rings is 1. The molecule has 0 saturated carbocycles. The first-order valence-corrected chi connectivity index (χ1v) is 7.89. The molecule has 3 amide bonds. The molecule has 1 aromatic carbocycles. The zero-order chi connectivity index (χ0) is 17.9. The molecule has 0 radical (unpaired) electrons. The largest absolute Gasteiger partial charge is 0.391 e. The molecule has 130 valence electrons. The summed E-state index contributed by atoms with van der Waals surface area (Å²) in [5.74, 6) is -1.40. The van der Waals surface area contributed by atoms with Gasteiger partial charge in [-0.05, 0) is 18.1 Å². The van der Waals surface area contributed by atoms with E-state index in [0.29, 0.717) is 0 Å². The topological polar surface area (TPSA) is 113 Å². The van der Waals surface area contributed by atoms with E-state index in [4.69, 9.17) is 5.73 Å². The van der Waals surface area contributed by atoms with Gasteiger partial charge in [0.15, 0.2) is 0 Å². The number of hydrogen-bond acceptors (Lipinski definition) is 4. The molecule has 0 bridgehead atoms. The van der Waals surface area contributed by atoms with Gasteiger partial charge in [-0.25, -0.2) is 0 Å². The zero-order valence-electron chi connectivity index (χ0n) is 13.9. The van der Waals surface area contributed by atoms with E-state index in [0.717, 1.165) is 11.1 Å². The molecule has 1 saturated heterocycles. The fourth-order valence-electron chi connectivity index (χ4n) is 2.96. The van der Waals surface area contributed by atoms with Crippen LogP contribution in [-0.4, -0.2) is 52.5 Å². The van der Waals surface area contributed by atoms with Gasteiger partial charge in [-0.15, -0.1) is 0 Å². The van der Waals surface area contributed by atoms with Crippen LogP contribution in [0.15, 0.2) is 24.3 Å². The van der Waals surface area contributed by atoms with Crippen molar-refractivity contribution in [2.45, 2.75) is 44.9 Å². The van der Waals surface area contributed by atoms with Crippen molar-refractivity contribution in [3.63, 3.8) is 0 Å². The number of hydrogen-bond donors (Lipinski definition) is 3. The van der Waals surface area contributed by atoms with Crippen LogP contribution in [0.3, 0.4) is 0 Å². The molecule has 1 aromatic rings. The van der Waals surface area contributed by atoms with Gasteiger partial charge in [0.05, 0.1) is 6.10 Å². The number of likely N-dealkylation sites (tertiary alicyclic amines) is 1. The lowest BCUT2D eigenvalue weighted by Gasteiger charge is -2.24. The Bertz CT molecular complexity index is 646. The highest BCUT2D eigenvalue weighted by Crippen LogP contribution is 2.19. The lowest BCUT2D eigenvalue weighted by Crippen LogP contribution is -2.52. The maximum Gasteiger partial charge on any atom is 0.243 e. The van der Waals surface area contributed by atoms with Crippen LogP contribution in [0.4, 0.5) is 0 Å². The van der Waals surface area contributed by atoms with Crippen molar-refractivity contribution < 1.29 is 19.5 Å². The summed E-state index contributed by atoms with van der Waals surface area (Å²) < 4.78 is 0. The number of rotatable bonds is 5. The van der Waals surface area contributed by atoms with Gasteiger partial charge in [-0.3, -0.25) is 14.4 Å². The summed E-state index contributed by atoms with van der Waals surface area (Å²) in [6.45, 7) is 3.38. The van der Waals surface area contributed by atoms with Crippen LogP contribution < -0.4 is 11.1 Å². The summed E-state index contributed by atoms with van der Waals surface area (Å²) in [5.41, 5.74) is 7.33. The number of nitrogens with one attached hydrogen (secondary N) is 1. The molecule has 1 heterocycles. The maximum atomic E-state index is 12.5. The Labute approximate surface area is 140 Å². The molecule has 0 aliphatic carbocycles. The highest BCUT2D eigenvalue weighted by molar-refractivity contribution is 5.91. The van der Waals surface area contributed by atoms with E-state index < -0.39 is 30.0 Å². The predicted octanol–water partition coefficient (Wildman–Crippen LogP) is -0.511. The van der Waals surface area contributed by atoms with E-state index in [2.05, 4.69) is 5.32 Å². The lowest BCUT2D eigenvalue weighted by atomic mass is 10.0. The molecule has 4 N–H and O–H groups in total. The van der Waals surface area contributed by atoms with Gasteiger partial charge in [-0.1, -0.05) is 24.3 Å². The van der Waals surface area contributed by atoms with Gasteiger partial charge in [0.2, 0.25) is 17.7 Å². The van der Waals surface area contributed by atoms with Crippen LogP contribution in [0, 0.1) is 6.92 Å². The van der Waals surface area contributed by atoms with Crippen LogP contribution >= 0.6 is 0 Å².